The van der Waals surface area contributed by atoms with Gasteiger partial charge in [0.25, 0.3) is 5.69 Å². The largest absolute Gasteiger partial charge is 0.365 e. The number of nitro groups is 1. The third-order valence-corrected chi connectivity index (χ3v) is 4.22. The van der Waals surface area contributed by atoms with Gasteiger partial charge in [0.2, 0.25) is 0 Å². The van der Waals surface area contributed by atoms with Crippen LogP contribution in [0.4, 0.5) is 11.4 Å². The van der Waals surface area contributed by atoms with Crippen LogP contribution in [0, 0.1) is 17.0 Å². The first-order valence-electron chi connectivity index (χ1n) is 6.28. The number of nitrogens with zero attached hydrogens (tertiary/aromatic N) is 3. The molecule has 2 heterocycles. The van der Waals surface area contributed by atoms with Gasteiger partial charge in [0.1, 0.15) is 0 Å². The van der Waals surface area contributed by atoms with E-state index in [0.717, 1.165) is 24.3 Å². The minimum absolute atomic E-state index is 0.178. The lowest BCUT2D eigenvalue weighted by molar-refractivity contribution is -0.384. The predicted octanol–water partition coefficient (Wildman–Crippen LogP) is 1.80. The number of non-ortho nitro benzene ring substituents is 1. The summed E-state index contributed by atoms with van der Waals surface area (Å²) in [5.74, 6) is 0. The number of benzene rings is 1. The maximum atomic E-state index is 10.7. The number of anilines is 1. The van der Waals surface area contributed by atoms with Crippen molar-refractivity contribution in [2.45, 2.75) is 25.4 Å². The first-order chi connectivity index (χ1) is 8.56. The van der Waals surface area contributed by atoms with Crippen molar-refractivity contribution in [1.82, 2.24) is 4.90 Å². The average molecular weight is 247 g/mol. The molecule has 2 atom stereocenters. The van der Waals surface area contributed by atoms with Crippen molar-refractivity contribution in [3.05, 3.63) is 33.9 Å². The molecule has 18 heavy (non-hydrogen) atoms. The lowest BCUT2D eigenvalue weighted by Crippen LogP contribution is -2.44. The van der Waals surface area contributed by atoms with Crippen LogP contribution in [0.5, 0.6) is 0 Å². The summed E-state index contributed by atoms with van der Waals surface area (Å²) in [4.78, 5) is 15.2. The Bertz CT molecular complexity index is 501. The Morgan fingerprint density at radius 3 is 2.61 bits per heavy atom. The SMILES string of the molecule is Cc1cc([N+](=O)[O-])ccc1N1C[C@@H]2C[C@H]1CN2C. The molecule has 2 fully saturated rings. The Balaban J connectivity index is 1.88. The van der Waals surface area contributed by atoms with Gasteiger partial charge in [-0.3, -0.25) is 15.0 Å². The minimum Gasteiger partial charge on any atom is -0.365 e. The number of hydrogen-bond donors (Lipinski definition) is 0. The van der Waals surface area contributed by atoms with E-state index in [-0.39, 0.29) is 10.6 Å². The molecule has 2 aliphatic rings. The summed E-state index contributed by atoms with van der Waals surface area (Å²) in [6, 6.07) is 6.39. The lowest BCUT2D eigenvalue weighted by atomic mass is 10.1. The van der Waals surface area contributed by atoms with Crippen molar-refractivity contribution in [2.24, 2.45) is 0 Å². The highest BCUT2D eigenvalue weighted by Gasteiger charge is 2.41. The van der Waals surface area contributed by atoms with Crippen LogP contribution in [-0.2, 0) is 0 Å². The van der Waals surface area contributed by atoms with Crippen LogP contribution in [0.2, 0.25) is 0 Å². The van der Waals surface area contributed by atoms with Crippen molar-refractivity contribution >= 4 is 11.4 Å². The highest BCUT2D eigenvalue weighted by atomic mass is 16.6. The summed E-state index contributed by atoms with van der Waals surface area (Å²) in [7, 11) is 2.17. The molecule has 1 aromatic rings. The molecule has 0 aliphatic carbocycles. The number of aryl methyl sites for hydroxylation is 1. The molecular weight excluding hydrogens is 230 g/mol. The highest BCUT2D eigenvalue weighted by molar-refractivity contribution is 5.59. The van der Waals surface area contributed by atoms with E-state index in [1.54, 1.807) is 12.1 Å². The first-order valence-corrected chi connectivity index (χ1v) is 6.28. The van der Waals surface area contributed by atoms with Gasteiger partial charge in [0.15, 0.2) is 0 Å². The van der Waals surface area contributed by atoms with Gasteiger partial charge in [-0.1, -0.05) is 0 Å². The fourth-order valence-electron chi connectivity index (χ4n) is 3.24. The summed E-state index contributed by atoms with van der Waals surface area (Å²) in [5.41, 5.74) is 2.33. The number of likely N-dealkylation sites (tertiary alicyclic amines) is 1. The Hall–Kier alpha value is -1.62. The molecule has 1 aromatic carbocycles. The molecule has 5 nitrogen and oxygen atoms in total. The monoisotopic (exact) mass is 247 g/mol. The second-order valence-corrected chi connectivity index (χ2v) is 5.36. The van der Waals surface area contributed by atoms with Crippen LogP contribution in [0.25, 0.3) is 0 Å². The maximum absolute atomic E-state index is 10.7. The van der Waals surface area contributed by atoms with Gasteiger partial charge in [-0.2, -0.15) is 0 Å². The quantitative estimate of drug-likeness (QED) is 0.590. The fourth-order valence-corrected chi connectivity index (χ4v) is 3.24. The molecular formula is C13H17N3O2. The Morgan fingerprint density at radius 1 is 1.33 bits per heavy atom. The molecule has 2 aliphatic heterocycles. The fraction of sp³-hybridized carbons (Fsp3) is 0.538. The summed E-state index contributed by atoms with van der Waals surface area (Å²) in [6.45, 7) is 4.10. The molecule has 0 radical (unpaired) electrons. The standard InChI is InChI=1S/C13H17N3O2/c1-9-5-10(16(17)18)3-4-13(9)15-8-11-6-12(15)7-14(11)2/h3-5,11-12H,6-8H2,1-2H3/t11-,12-/m0/s1. The lowest BCUT2D eigenvalue weighted by Gasteiger charge is -2.34. The number of rotatable bonds is 2. The normalized spacial score (nSPS) is 26.9. The molecule has 2 saturated heterocycles. The van der Waals surface area contributed by atoms with E-state index in [2.05, 4.69) is 16.8 Å². The van der Waals surface area contributed by atoms with Crippen LogP contribution in [-0.4, -0.2) is 42.0 Å². The van der Waals surface area contributed by atoms with Gasteiger partial charge in [-0.05, 0) is 32.0 Å². The predicted molar refractivity (Wildman–Crippen MR) is 70.0 cm³/mol. The smallest absolute Gasteiger partial charge is 0.269 e. The zero-order chi connectivity index (χ0) is 12.9. The molecule has 0 N–H and O–H groups in total. The van der Waals surface area contributed by atoms with Gasteiger partial charge in [0, 0.05) is 43.0 Å². The van der Waals surface area contributed by atoms with Crippen LogP contribution in [0.3, 0.4) is 0 Å². The highest BCUT2D eigenvalue weighted by Crippen LogP contribution is 2.36. The summed E-state index contributed by atoms with van der Waals surface area (Å²) < 4.78 is 0. The second-order valence-electron chi connectivity index (χ2n) is 5.36. The average Bonchev–Trinajstić information content (AvgIpc) is 2.87. The van der Waals surface area contributed by atoms with Crippen molar-refractivity contribution in [3.8, 4) is 0 Å². The van der Waals surface area contributed by atoms with Crippen molar-refractivity contribution in [3.63, 3.8) is 0 Å². The Labute approximate surface area is 106 Å². The van der Waals surface area contributed by atoms with Gasteiger partial charge in [0.05, 0.1) is 4.92 Å². The number of piperazine rings is 1. The molecule has 0 amide bonds. The summed E-state index contributed by atoms with van der Waals surface area (Å²) >= 11 is 0. The zero-order valence-corrected chi connectivity index (χ0v) is 10.7. The minimum atomic E-state index is -0.333. The molecule has 0 aromatic heterocycles. The van der Waals surface area contributed by atoms with Gasteiger partial charge < -0.3 is 4.90 Å². The molecule has 0 spiro atoms. The van der Waals surface area contributed by atoms with Gasteiger partial charge in [-0.25, -0.2) is 0 Å². The van der Waals surface area contributed by atoms with Crippen molar-refractivity contribution in [2.75, 3.05) is 25.0 Å². The van der Waals surface area contributed by atoms with E-state index in [1.807, 2.05) is 13.0 Å². The van der Waals surface area contributed by atoms with E-state index in [4.69, 9.17) is 0 Å². The first kappa shape index (κ1) is 11.5. The maximum Gasteiger partial charge on any atom is 0.269 e. The molecule has 5 heteroatoms. The zero-order valence-electron chi connectivity index (χ0n) is 10.7. The van der Waals surface area contributed by atoms with Crippen LogP contribution < -0.4 is 4.90 Å². The Kier molecular flexibility index (Phi) is 2.52. The molecule has 3 rings (SSSR count). The third kappa shape index (κ3) is 1.66. The molecule has 0 unspecified atom stereocenters. The summed E-state index contributed by atoms with van der Waals surface area (Å²) in [6.07, 6.45) is 1.22. The van der Waals surface area contributed by atoms with E-state index in [9.17, 15) is 10.1 Å². The third-order valence-electron chi connectivity index (χ3n) is 4.22. The van der Waals surface area contributed by atoms with Crippen LogP contribution >= 0.6 is 0 Å². The number of likely N-dealkylation sites (N-methyl/N-ethyl adjacent to an activating group) is 1. The van der Waals surface area contributed by atoms with Crippen LogP contribution in [0.1, 0.15) is 12.0 Å². The van der Waals surface area contributed by atoms with E-state index < -0.39 is 0 Å². The number of fused-ring (bicyclic) bond motifs is 2. The molecule has 96 valence electrons. The second kappa shape index (κ2) is 3.95. The van der Waals surface area contributed by atoms with E-state index in [0.29, 0.717) is 12.1 Å². The van der Waals surface area contributed by atoms with Gasteiger partial charge >= 0.3 is 0 Å². The Morgan fingerprint density at radius 2 is 2.11 bits per heavy atom. The van der Waals surface area contributed by atoms with E-state index in [1.165, 1.54) is 6.42 Å². The number of hydrogen-bond acceptors (Lipinski definition) is 4. The topological polar surface area (TPSA) is 49.6 Å². The molecule has 0 saturated carbocycles. The van der Waals surface area contributed by atoms with Gasteiger partial charge in [-0.15, -0.1) is 0 Å². The van der Waals surface area contributed by atoms with Crippen molar-refractivity contribution < 1.29 is 4.92 Å². The summed E-state index contributed by atoms with van der Waals surface area (Å²) in [5, 5.41) is 10.7. The van der Waals surface area contributed by atoms with Crippen molar-refractivity contribution in [1.29, 1.82) is 0 Å². The molecule has 2 bridgehead atoms. The van der Waals surface area contributed by atoms with Crippen LogP contribution in [0.15, 0.2) is 18.2 Å². The van der Waals surface area contributed by atoms with E-state index >= 15 is 0 Å². The number of nitro benzene ring substituents is 1.